The van der Waals surface area contributed by atoms with Gasteiger partial charge in [-0.05, 0) is 36.4 Å². The average molecular weight is 431 g/mol. The van der Waals surface area contributed by atoms with Gasteiger partial charge in [0.25, 0.3) is 5.91 Å². The molecular formula is C20H18N2O5S2. The van der Waals surface area contributed by atoms with Crippen LogP contribution < -0.4 is 14.3 Å². The molecule has 0 aliphatic heterocycles. The lowest BCUT2D eigenvalue weighted by Crippen LogP contribution is -2.16. The molecule has 0 saturated carbocycles. The Kier molecular flexibility index (Phi) is 5.77. The van der Waals surface area contributed by atoms with Gasteiger partial charge < -0.3 is 14.0 Å². The third-order valence-electron chi connectivity index (χ3n) is 4.16. The molecule has 1 heterocycles. The third kappa shape index (κ3) is 4.18. The average Bonchev–Trinajstić information content (AvgIpc) is 3.03. The number of hydrogen-bond donors (Lipinski definition) is 0. The molecule has 0 atom stereocenters. The topological polar surface area (TPSA) is 87.0 Å². The zero-order chi connectivity index (χ0) is 21.2. The zero-order valence-electron chi connectivity index (χ0n) is 16.0. The highest BCUT2D eigenvalue weighted by Crippen LogP contribution is 2.28. The van der Waals surface area contributed by atoms with Gasteiger partial charge in [0.15, 0.2) is 26.1 Å². The molecule has 0 N–H and O–H groups in total. The van der Waals surface area contributed by atoms with Crippen LogP contribution in [0.15, 0.2) is 46.3 Å². The van der Waals surface area contributed by atoms with Crippen molar-refractivity contribution in [2.24, 2.45) is 4.99 Å². The van der Waals surface area contributed by atoms with E-state index in [-0.39, 0.29) is 11.4 Å². The highest BCUT2D eigenvalue weighted by atomic mass is 32.2. The Labute approximate surface area is 172 Å². The molecule has 0 radical (unpaired) electrons. The fourth-order valence-corrected chi connectivity index (χ4v) is 4.52. The molecule has 9 heteroatoms. The van der Waals surface area contributed by atoms with E-state index in [9.17, 15) is 13.2 Å². The first-order valence-electron chi connectivity index (χ1n) is 8.36. The normalized spacial score (nSPS) is 12.0. The van der Waals surface area contributed by atoms with E-state index >= 15 is 0 Å². The Morgan fingerprint density at radius 3 is 2.52 bits per heavy atom. The molecular weight excluding hydrogens is 412 g/mol. The number of terminal acetylenes is 1. The van der Waals surface area contributed by atoms with E-state index in [0.29, 0.717) is 32.1 Å². The van der Waals surface area contributed by atoms with E-state index in [1.807, 2.05) is 0 Å². The molecule has 1 aromatic heterocycles. The monoisotopic (exact) mass is 430 g/mol. The van der Waals surface area contributed by atoms with Gasteiger partial charge in [-0.25, -0.2) is 8.42 Å². The summed E-state index contributed by atoms with van der Waals surface area (Å²) in [7, 11) is -0.367. The first kappa shape index (κ1) is 20.6. The molecule has 0 unspecified atom stereocenters. The molecule has 3 aromatic rings. The fourth-order valence-electron chi connectivity index (χ4n) is 2.73. The van der Waals surface area contributed by atoms with Gasteiger partial charge in [-0.2, -0.15) is 4.99 Å². The first-order chi connectivity index (χ1) is 13.8. The van der Waals surface area contributed by atoms with Crippen molar-refractivity contribution in [1.29, 1.82) is 0 Å². The Balaban J connectivity index is 2.15. The Morgan fingerprint density at radius 2 is 1.90 bits per heavy atom. The lowest BCUT2D eigenvalue weighted by Gasteiger charge is -2.07. The summed E-state index contributed by atoms with van der Waals surface area (Å²) in [6.07, 6.45) is 6.61. The van der Waals surface area contributed by atoms with Crippen molar-refractivity contribution in [1.82, 2.24) is 4.57 Å². The van der Waals surface area contributed by atoms with Crippen LogP contribution in [-0.4, -0.2) is 39.4 Å². The molecule has 3 rings (SSSR count). The number of fused-ring (bicyclic) bond motifs is 1. The molecule has 2 aromatic carbocycles. The second-order valence-electron chi connectivity index (χ2n) is 6.06. The number of hydrogen-bond acceptors (Lipinski definition) is 6. The van der Waals surface area contributed by atoms with E-state index in [4.69, 9.17) is 15.9 Å². The van der Waals surface area contributed by atoms with Crippen molar-refractivity contribution in [3.05, 3.63) is 46.8 Å². The van der Waals surface area contributed by atoms with Gasteiger partial charge in [0.05, 0.1) is 35.9 Å². The summed E-state index contributed by atoms with van der Waals surface area (Å²) < 4.78 is 36.4. The van der Waals surface area contributed by atoms with Gasteiger partial charge in [0.1, 0.15) is 0 Å². The van der Waals surface area contributed by atoms with Crippen molar-refractivity contribution < 1.29 is 22.7 Å². The molecule has 0 aliphatic rings. The van der Waals surface area contributed by atoms with E-state index in [0.717, 1.165) is 6.26 Å². The summed E-state index contributed by atoms with van der Waals surface area (Å²) >= 11 is 1.19. The molecule has 0 aliphatic carbocycles. The predicted molar refractivity (Wildman–Crippen MR) is 111 cm³/mol. The highest BCUT2D eigenvalue weighted by molar-refractivity contribution is 7.90. The van der Waals surface area contributed by atoms with Crippen molar-refractivity contribution in [2.75, 3.05) is 20.5 Å². The minimum atomic E-state index is -3.36. The van der Waals surface area contributed by atoms with Crippen molar-refractivity contribution in [3.8, 4) is 23.8 Å². The number of sulfone groups is 1. The Morgan fingerprint density at radius 1 is 1.17 bits per heavy atom. The molecule has 0 spiro atoms. The quantitative estimate of drug-likeness (QED) is 0.581. The maximum absolute atomic E-state index is 12.7. The van der Waals surface area contributed by atoms with Crippen LogP contribution in [0.4, 0.5) is 0 Å². The summed E-state index contributed by atoms with van der Waals surface area (Å²) in [6.45, 7) is 0.191. The van der Waals surface area contributed by atoms with Gasteiger partial charge >= 0.3 is 0 Å². The molecule has 0 fully saturated rings. The molecule has 0 bridgehead atoms. The van der Waals surface area contributed by atoms with Crippen molar-refractivity contribution >= 4 is 37.3 Å². The van der Waals surface area contributed by atoms with Gasteiger partial charge in [-0.1, -0.05) is 17.3 Å². The van der Waals surface area contributed by atoms with Gasteiger partial charge in [-0.15, -0.1) is 6.42 Å². The van der Waals surface area contributed by atoms with Gasteiger partial charge in [0, 0.05) is 11.8 Å². The van der Waals surface area contributed by atoms with E-state index in [2.05, 4.69) is 10.9 Å². The summed E-state index contributed by atoms with van der Waals surface area (Å²) in [4.78, 5) is 17.5. The molecule has 7 nitrogen and oxygen atoms in total. The van der Waals surface area contributed by atoms with Crippen LogP contribution in [0.5, 0.6) is 11.5 Å². The van der Waals surface area contributed by atoms with Crippen LogP contribution in [0.3, 0.4) is 0 Å². The number of nitrogens with zero attached hydrogens (tertiary/aromatic N) is 2. The SMILES string of the molecule is C#CCn1c(=NC(=O)c2ccc(OC)c(OC)c2)sc2cc(S(C)(=O)=O)ccc21. The Hall–Kier alpha value is -3.09. The number of carbonyl (C=O) groups excluding carboxylic acids is 1. The van der Waals surface area contributed by atoms with Gasteiger partial charge in [-0.3, -0.25) is 4.79 Å². The van der Waals surface area contributed by atoms with E-state index in [1.54, 1.807) is 34.9 Å². The Bertz CT molecular complexity index is 1310. The largest absolute Gasteiger partial charge is 0.493 e. The summed E-state index contributed by atoms with van der Waals surface area (Å²) in [5, 5.41) is 0. The van der Waals surface area contributed by atoms with Crippen LogP contribution in [0.1, 0.15) is 10.4 Å². The van der Waals surface area contributed by atoms with Crippen LogP contribution in [-0.2, 0) is 16.4 Å². The number of benzene rings is 2. The first-order valence-corrected chi connectivity index (χ1v) is 11.1. The second kappa shape index (κ2) is 8.11. The standard InChI is InChI=1S/C20H18N2O5S2/c1-5-10-22-15-8-7-14(29(4,24)25)12-18(15)28-20(22)21-19(23)13-6-9-16(26-2)17(11-13)27-3/h1,6-9,11-12H,10H2,2-4H3. The third-order valence-corrected chi connectivity index (χ3v) is 6.31. The second-order valence-corrected chi connectivity index (χ2v) is 9.09. The van der Waals surface area contributed by atoms with Crippen molar-refractivity contribution in [2.45, 2.75) is 11.4 Å². The summed E-state index contributed by atoms with van der Waals surface area (Å²) in [5.41, 5.74) is 1.03. The lowest BCUT2D eigenvalue weighted by molar-refractivity contribution is 0.0997. The number of carbonyl (C=O) groups is 1. The van der Waals surface area contributed by atoms with Crippen molar-refractivity contribution in [3.63, 3.8) is 0 Å². The smallest absolute Gasteiger partial charge is 0.279 e. The van der Waals surface area contributed by atoms with Crippen LogP contribution in [0.2, 0.25) is 0 Å². The highest BCUT2D eigenvalue weighted by Gasteiger charge is 2.14. The number of aromatic nitrogens is 1. The molecule has 1 amide bonds. The molecule has 0 saturated heterocycles. The summed E-state index contributed by atoms with van der Waals surface area (Å²) in [5.74, 6) is 2.97. The fraction of sp³-hybridized carbons (Fsp3) is 0.200. The zero-order valence-corrected chi connectivity index (χ0v) is 17.6. The van der Waals surface area contributed by atoms with E-state index < -0.39 is 15.7 Å². The number of ether oxygens (including phenoxy) is 2. The maximum atomic E-state index is 12.7. The molecule has 150 valence electrons. The minimum Gasteiger partial charge on any atom is -0.493 e. The van der Waals surface area contributed by atoms with Crippen LogP contribution in [0, 0.1) is 12.3 Å². The van der Waals surface area contributed by atoms with Crippen LogP contribution >= 0.6 is 11.3 Å². The minimum absolute atomic E-state index is 0.191. The van der Waals surface area contributed by atoms with E-state index in [1.165, 1.54) is 31.6 Å². The molecule has 29 heavy (non-hydrogen) atoms. The van der Waals surface area contributed by atoms with Gasteiger partial charge in [0.2, 0.25) is 0 Å². The number of thiazole rings is 1. The lowest BCUT2D eigenvalue weighted by atomic mass is 10.2. The van der Waals surface area contributed by atoms with Crippen LogP contribution in [0.25, 0.3) is 10.2 Å². The number of methoxy groups -OCH3 is 2. The maximum Gasteiger partial charge on any atom is 0.279 e. The number of rotatable bonds is 5. The summed E-state index contributed by atoms with van der Waals surface area (Å²) in [6, 6.07) is 9.50. The number of amides is 1. The predicted octanol–water partition coefficient (Wildman–Crippen LogP) is 2.50.